The lowest BCUT2D eigenvalue weighted by Gasteiger charge is -2.16. The van der Waals surface area contributed by atoms with Crippen LogP contribution in [-0.2, 0) is 22.4 Å². The molecular weight excluding hydrogens is 333 g/mol. The van der Waals surface area contributed by atoms with Gasteiger partial charge >= 0.3 is 5.97 Å². The summed E-state index contributed by atoms with van der Waals surface area (Å²) in [6, 6.07) is 17.9. The molecule has 0 aliphatic carbocycles. The molecule has 0 heterocycles. The first-order valence-corrected chi connectivity index (χ1v) is 8.26. The van der Waals surface area contributed by atoms with Crippen LogP contribution in [0.5, 0.6) is 0 Å². The molecule has 0 aliphatic heterocycles. The lowest BCUT2D eigenvalue weighted by atomic mass is 9.98. The number of carboxylic acids is 1. The molecule has 26 heavy (non-hydrogen) atoms. The molecule has 2 N–H and O–H groups in total. The molecule has 0 bridgehead atoms. The molecule has 3 aromatic carbocycles. The largest absolute Gasteiger partial charge is 0.480 e. The van der Waals surface area contributed by atoms with Crippen molar-refractivity contribution >= 4 is 22.6 Å². The van der Waals surface area contributed by atoms with Gasteiger partial charge in [0.2, 0.25) is 5.91 Å². The van der Waals surface area contributed by atoms with Gasteiger partial charge in [-0.05, 0) is 34.0 Å². The molecule has 3 aromatic rings. The van der Waals surface area contributed by atoms with Gasteiger partial charge in [0.15, 0.2) is 0 Å². The third-order valence-corrected chi connectivity index (χ3v) is 4.22. The third-order valence-electron chi connectivity index (χ3n) is 4.22. The summed E-state index contributed by atoms with van der Waals surface area (Å²) in [5, 5.41) is 14.0. The Labute approximate surface area is 150 Å². The summed E-state index contributed by atoms with van der Waals surface area (Å²) >= 11 is 0. The fourth-order valence-electron chi connectivity index (χ4n) is 2.92. The van der Waals surface area contributed by atoms with Crippen LogP contribution in [0, 0.1) is 5.82 Å². The number of amides is 1. The van der Waals surface area contributed by atoms with Gasteiger partial charge < -0.3 is 10.4 Å². The van der Waals surface area contributed by atoms with Crippen LogP contribution in [0.2, 0.25) is 0 Å². The fraction of sp³-hybridized carbons (Fsp3) is 0.143. The van der Waals surface area contributed by atoms with E-state index in [-0.39, 0.29) is 18.7 Å². The fourth-order valence-corrected chi connectivity index (χ4v) is 2.92. The van der Waals surface area contributed by atoms with Gasteiger partial charge in [-0.1, -0.05) is 54.6 Å². The molecule has 4 nitrogen and oxygen atoms in total. The molecule has 132 valence electrons. The molecule has 0 radical (unpaired) electrons. The van der Waals surface area contributed by atoms with Crippen molar-refractivity contribution in [3.63, 3.8) is 0 Å². The van der Waals surface area contributed by atoms with E-state index in [0.29, 0.717) is 5.56 Å². The van der Waals surface area contributed by atoms with Gasteiger partial charge in [-0.3, -0.25) is 4.79 Å². The minimum Gasteiger partial charge on any atom is -0.480 e. The number of carbonyl (C=O) groups is 2. The zero-order valence-electron chi connectivity index (χ0n) is 14.0. The highest BCUT2D eigenvalue weighted by Gasteiger charge is 2.21. The number of benzene rings is 3. The van der Waals surface area contributed by atoms with Crippen LogP contribution in [0.4, 0.5) is 4.39 Å². The summed E-state index contributed by atoms with van der Waals surface area (Å²) in [6.45, 7) is 0. The van der Waals surface area contributed by atoms with E-state index in [9.17, 15) is 19.1 Å². The van der Waals surface area contributed by atoms with E-state index in [1.54, 1.807) is 0 Å². The first-order chi connectivity index (χ1) is 12.5. The van der Waals surface area contributed by atoms with Crippen molar-refractivity contribution in [1.82, 2.24) is 5.32 Å². The number of hydrogen-bond donors (Lipinski definition) is 2. The zero-order valence-corrected chi connectivity index (χ0v) is 14.0. The van der Waals surface area contributed by atoms with Crippen LogP contribution in [0.1, 0.15) is 11.1 Å². The lowest BCUT2D eigenvalue weighted by Crippen LogP contribution is -2.43. The minimum absolute atomic E-state index is 0.000399. The van der Waals surface area contributed by atoms with Crippen LogP contribution in [0.25, 0.3) is 10.8 Å². The molecule has 0 saturated carbocycles. The molecular formula is C21H18FNO3. The number of aliphatic carboxylic acids is 1. The van der Waals surface area contributed by atoms with Crippen molar-refractivity contribution in [2.24, 2.45) is 0 Å². The van der Waals surface area contributed by atoms with E-state index < -0.39 is 17.9 Å². The number of rotatable bonds is 6. The Kier molecular flexibility index (Phi) is 5.27. The molecule has 0 unspecified atom stereocenters. The Hall–Kier alpha value is -3.21. The smallest absolute Gasteiger partial charge is 0.326 e. The van der Waals surface area contributed by atoms with Crippen molar-refractivity contribution in [2.45, 2.75) is 18.9 Å². The maximum absolute atomic E-state index is 12.9. The lowest BCUT2D eigenvalue weighted by molar-refractivity contribution is -0.141. The molecule has 5 heteroatoms. The molecule has 3 rings (SSSR count). The first kappa shape index (κ1) is 17.6. The predicted molar refractivity (Wildman–Crippen MR) is 97.3 cm³/mol. The SMILES string of the molecule is O=C(Cc1ccc(F)cc1)N[C@H](Cc1cccc2ccccc12)C(=O)O. The van der Waals surface area contributed by atoms with Gasteiger partial charge in [0.05, 0.1) is 6.42 Å². The maximum atomic E-state index is 12.9. The van der Waals surface area contributed by atoms with E-state index in [1.165, 1.54) is 24.3 Å². The number of nitrogens with one attached hydrogen (secondary N) is 1. The van der Waals surface area contributed by atoms with E-state index in [4.69, 9.17) is 0 Å². The molecule has 0 aromatic heterocycles. The average Bonchev–Trinajstić information content (AvgIpc) is 2.63. The normalized spacial score (nSPS) is 11.9. The highest BCUT2D eigenvalue weighted by atomic mass is 19.1. The quantitative estimate of drug-likeness (QED) is 0.716. The van der Waals surface area contributed by atoms with Crippen molar-refractivity contribution in [3.05, 3.63) is 83.7 Å². The van der Waals surface area contributed by atoms with Gasteiger partial charge in [-0.15, -0.1) is 0 Å². The van der Waals surface area contributed by atoms with Gasteiger partial charge in [-0.25, -0.2) is 9.18 Å². The summed E-state index contributed by atoms with van der Waals surface area (Å²) < 4.78 is 12.9. The molecule has 1 amide bonds. The monoisotopic (exact) mass is 351 g/mol. The van der Waals surface area contributed by atoms with Crippen LogP contribution < -0.4 is 5.32 Å². The van der Waals surface area contributed by atoms with Crippen molar-refractivity contribution in [1.29, 1.82) is 0 Å². The summed E-state index contributed by atoms with van der Waals surface area (Å²) in [5.74, 6) is -1.89. The van der Waals surface area contributed by atoms with Crippen LogP contribution in [0.15, 0.2) is 66.7 Å². The molecule has 0 spiro atoms. The molecule has 0 fully saturated rings. The third kappa shape index (κ3) is 4.25. The van der Waals surface area contributed by atoms with Crippen molar-refractivity contribution < 1.29 is 19.1 Å². The predicted octanol–water partition coefficient (Wildman–Crippen LogP) is 3.33. The Bertz CT molecular complexity index is 932. The second-order valence-corrected chi connectivity index (χ2v) is 6.10. The minimum atomic E-state index is -1.09. The van der Waals surface area contributed by atoms with E-state index in [1.807, 2.05) is 42.5 Å². The van der Waals surface area contributed by atoms with Crippen molar-refractivity contribution in [2.75, 3.05) is 0 Å². The molecule has 0 aliphatic rings. The second kappa shape index (κ2) is 7.78. The highest BCUT2D eigenvalue weighted by Crippen LogP contribution is 2.20. The van der Waals surface area contributed by atoms with Gasteiger partial charge in [-0.2, -0.15) is 0 Å². The average molecular weight is 351 g/mol. The van der Waals surface area contributed by atoms with Crippen LogP contribution >= 0.6 is 0 Å². The Morgan fingerprint density at radius 3 is 2.38 bits per heavy atom. The topological polar surface area (TPSA) is 66.4 Å². The summed E-state index contributed by atoms with van der Waals surface area (Å²) in [5.41, 5.74) is 1.48. The number of fused-ring (bicyclic) bond motifs is 1. The standard InChI is InChI=1S/C21H18FNO3/c22-17-10-8-14(9-11-17)12-20(24)23-19(21(25)26)13-16-6-3-5-15-4-1-2-7-18(15)16/h1-11,19H,12-13H2,(H,23,24)(H,25,26)/t19-/m1/s1. The highest BCUT2D eigenvalue weighted by molar-refractivity contribution is 5.88. The van der Waals surface area contributed by atoms with E-state index >= 15 is 0 Å². The van der Waals surface area contributed by atoms with Crippen LogP contribution in [0.3, 0.4) is 0 Å². The van der Waals surface area contributed by atoms with Gasteiger partial charge in [0, 0.05) is 6.42 Å². The van der Waals surface area contributed by atoms with Gasteiger partial charge in [0.1, 0.15) is 11.9 Å². The number of carbonyl (C=O) groups excluding carboxylic acids is 1. The maximum Gasteiger partial charge on any atom is 0.326 e. The number of hydrogen-bond acceptors (Lipinski definition) is 2. The summed E-state index contributed by atoms with van der Waals surface area (Å²) in [6.07, 6.45) is 0.186. The zero-order chi connectivity index (χ0) is 18.5. The molecule has 0 saturated heterocycles. The number of halogens is 1. The van der Waals surface area contributed by atoms with Gasteiger partial charge in [0.25, 0.3) is 0 Å². The van der Waals surface area contributed by atoms with E-state index in [0.717, 1.165) is 16.3 Å². The Morgan fingerprint density at radius 1 is 0.962 bits per heavy atom. The summed E-state index contributed by atoms with van der Waals surface area (Å²) in [4.78, 5) is 23.8. The molecule has 1 atom stereocenters. The number of carboxylic acid groups (broad SMARTS) is 1. The first-order valence-electron chi connectivity index (χ1n) is 8.26. The summed E-state index contributed by atoms with van der Waals surface area (Å²) in [7, 11) is 0. The second-order valence-electron chi connectivity index (χ2n) is 6.10. The van der Waals surface area contributed by atoms with Crippen LogP contribution in [-0.4, -0.2) is 23.0 Å². The van der Waals surface area contributed by atoms with Crippen molar-refractivity contribution in [3.8, 4) is 0 Å². The Balaban J connectivity index is 1.73. The Morgan fingerprint density at radius 2 is 1.65 bits per heavy atom. The van der Waals surface area contributed by atoms with E-state index in [2.05, 4.69) is 5.32 Å².